The Morgan fingerprint density at radius 2 is 1.80 bits per heavy atom. The summed E-state index contributed by atoms with van der Waals surface area (Å²) < 4.78 is 0. The van der Waals surface area contributed by atoms with Gasteiger partial charge in [-0.2, -0.15) is 0 Å². The van der Waals surface area contributed by atoms with E-state index in [1.54, 1.807) is 17.0 Å². The molecule has 35 heavy (non-hydrogen) atoms. The molecule has 0 spiro atoms. The lowest BCUT2D eigenvalue weighted by molar-refractivity contribution is -0.384. The molecule has 0 aromatic heterocycles. The maximum absolute atomic E-state index is 13.8. The van der Waals surface area contributed by atoms with Gasteiger partial charge in [-0.3, -0.25) is 14.9 Å². The summed E-state index contributed by atoms with van der Waals surface area (Å²) in [7, 11) is 1.85. The first-order valence-corrected chi connectivity index (χ1v) is 12.0. The van der Waals surface area contributed by atoms with Crippen molar-refractivity contribution in [2.24, 2.45) is 5.92 Å². The Morgan fingerprint density at radius 3 is 2.51 bits per heavy atom. The average Bonchev–Trinajstić information content (AvgIpc) is 2.88. The van der Waals surface area contributed by atoms with Crippen molar-refractivity contribution in [2.45, 2.75) is 25.9 Å². The highest BCUT2D eigenvalue weighted by Crippen LogP contribution is 2.39. The number of hydrogen-bond donors (Lipinski definition) is 0. The number of non-ortho nitro benzene ring substituents is 1. The van der Waals surface area contributed by atoms with Gasteiger partial charge in [-0.05, 0) is 42.7 Å². The fourth-order valence-electron chi connectivity index (χ4n) is 5.42. The van der Waals surface area contributed by atoms with Crippen molar-refractivity contribution in [3.63, 3.8) is 0 Å². The first-order valence-electron chi connectivity index (χ1n) is 12.0. The van der Waals surface area contributed by atoms with Gasteiger partial charge >= 0.3 is 0 Å². The van der Waals surface area contributed by atoms with Gasteiger partial charge in [0.15, 0.2) is 0 Å². The minimum Gasteiger partial charge on any atom is -0.368 e. The number of aryl methyl sites for hydroxylation is 1. The topological polar surface area (TPSA) is 69.9 Å². The van der Waals surface area contributed by atoms with Gasteiger partial charge in [0.25, 0.3) is 5.69 Å². The zero-order chi connectivity index (χ0) is 24.5. The Hall–Kier alpha value is -3.87. The SMILES string of the molecule is Cc1ccc(N2CCN3c4ccc([N+](=O)[O-])cc4CC(C(=O)N(C)Cc4ccccc4)C3C2)cc1. The molecule has 7 nitrogen and oxygen atoms in total. The minimum atomic E-state index is -0.361. The van der Waals surface area contributed by atoms with Crippen molar-refractivity contribution in [3.8, 4) is 0 Å². The van der Waals surface area contributed by atoms with Crippen molar-refractivity contribution < 1.29 is 9.72 Å². The van der Waals surface area contributed by atoms with Crippen LogP contribution in [-0.4, -0.2) is 48.5 Å². The quantitative estimate of drug-likeness (QED) is 0.408. The number of nitro groups is 1. The Morgan fingerprint density at radius 1 is 1.06 bits per heavy atom. The summed E-state index contributed by atoms with van der Waals surface area (Å²) in [5, 5.41) is 11.4. The number of carbonyl (C=O) groups excluding carboxylic acids is 1. The first-order chi connectivity index (χ1) is 16.9. The molecule has 0 bridgehead atoms. The molecule has 2 atom stereocenters. The Kier molecular flexibility index (Phi) is 6.16. The lowest BCUT2D eigenvalue weighted by Gasteiger charge is -2.50. The molecule has 1 fully saturated rings. The predicted molar refractivity (Wildman–Crippen MR) is 138 cm³/mol. The second kappa shape index (κ2) is 9.41. The molecule has 0 N–H and O–H groups in total. The molecule has 5 rings (SSSR count). The third-order valence-electron chi connectivity index (χ3n) is 7.26. The van der Waals surface area contributed by atoms with Crippen molar-refractivity contribution in [1.29, 1.82) is 0 Å². The number of piperazine rings is 1. The lowest BCUT2D eigenvalue weighted by Crippen LogP contribution is -2.61. The van der Waals surface area contributed by atoms with Crippen LogP contribution in [0.2, 0.25) is 0 Å². The van der Waals surface area contributed by atoms with E-state index in [4.69, 9.17) is 0 Å². The van der Waals surface area contributed by atoms with Crippen LogP contribution in [0.3, 0.4) is 0 Å². The van der Waals surface area contributed by atoms with Gasteiger partial charge in [-0.25, -0.2) is 0 Å². The summed E-state index contributed by atoms with van der Waals surface area (Å²) in [6, 6.07) is 23.6. The number of nitrogens with zero attached hydrogens (tertiary/aromatic N) is 4. The molecule has 0 saturated carbocycles. The van der Waals surface area contributed by atoms with Crippen LogP contribution in [0.4, 0.5) is 17.1 Å². The Bertz CT molecular complexity index is 1230. The molecule has 2 unspecified atom stereocenters. The highest BCUT2D eigenvalue weighted by Gasteiger charge is 2.43. The monoisotopic (exact) mass is 470 g/mol. The maximum Gasteiger partial charge on any atom is 0.269 e. The Balaban J connectivity index is 1.46. The van der Waals surface area contributed by atoms with Gasteiger partial charge in [0.2, 0.25) is 5.91 Å². The molecule has 1 amide bonds. The van der Waals surface area contributed by atoms with Crippen LogP contribution in [0.15, 0.2) is 72.8 Å². The summed E-state index contributed by atoms with van der Waals surface area (Å²) in [4.78, 5) is 31.3. The fourth-order valence-corrected chi connectivity index (χ4v) is 5.42. The number of fused-ring (bicyclic) bond motifs is 3. The molecule has 0 aliphatic carbocycles. The predicted octanol–water partition coefficient (Wildman–Crippen LogP) is 4.43. The summed E-state index contributed by atoms with van der Waals surface area (Å²) in [6.45, 7) is 4.93. The van der Waals surface area contributed by atoms with Crippen molar-refractivity contribution in [3.05, 3.63) is 99.6 Å². The number of carbonyl (C=O) groups is 1. The molecule has 2 aliphatic heterocycles. The molecule has 3 aromatic carbocycles. The van der Waals surface area contributed by atoms with Gasteiger partial charge in [-0.1, -0.05) is 48.0 Å². The van der Waals surface area contributed by atoms with Gasteiger partial charge in [0.1, 0.15) is 0 Å². The smallest absolute Gasteiger partial charge is 0.269 e. The van der Waals surface area contributed by atoms with Gasteiger partial charge in [-0.15, -0.1) is 0 Å². The van der Waals surface area contributed by atoms with E-state index in [2.05, 4.69) is 41.0 Å². The first kappa shape index (κ1) is 22.9. The molecule has 2 heterocycles. The van der Waals surface area contributed by atoms with Crippen LogP contribution >= 0.6 is 0 Å². The van der Waals surface area contributed by atoms with E-state index in [1.807, 2.05) is 43.4 Å². The van der Waals surface area contributed by atoms with Gasteiger partial charge < -0.3 is 14.7 Å². The maximum atomic E-state index is 13.8. The highest BCUT2D eigenvalue weighted by molar-refractivity contribution is 5.82. The normalized spacial score (nSPS) is 19.0. The van der Waals surface area contributed by atoms with E-state index >= 15 is 0 Å². The number of hydrogen-bond acceptors (Lipinski definition) is 5. The summed E-state index contributed by atoms with van der Waals surface area (Å²) in [6.07, 6.45) is 0.498. The highest BCUT2D eigenvalue weighted by atomic mass is 16.6. The molecule has 180 valence electrons. The molecular weight excluding hydrogens is 440 g/mol. The lowest BCUT2D eigenvalue weighted by atomic mass is 9.82. The summed E-state index contributed by atoms with van der Waals surface area (Å²) in [5.74, 6) is -0.210. The van der Waals surface area contributed by atoms with Crippen LogP contribution in [0.5, 0.6) is 0 Å². The van der Waals surface area contributed by atoms with Crippen molar-refractivity contribution in [1.82, 2.24) is 4.90 Å². The van der Waals surface area contributed by atoms with Crippen molar-refractivity contribution in [2.75, 3.05) is 36.5 Å². The largest absolute Gasteiger partial charge is 0.368 e. The van der Waals surface area contributed by atoms with Crippen molar-refractivity contribution >= 4 is 23.0 Å². The second-order valence-electron chi connectivity index (χ2n) is 9.60. The van der Waals surface area contributed by atoms with E-state index in [0.29, 0.717) is 13.0 Å². The molecule has 2 aliphatic rings. The van der Waals surface area contributed by atoms with Crippen LogP contribution in [0, 0.1) is 23.0 Å². The number of nitro benzene ring substituents is 1. The second-order valence-corrected chi connectivity index (χ2v) is 9.60. The number of benzene rings is 3. The minimum absolute atomic E-state index is 0.00951. The number of anilines is 2. The standard InChI is InChI=1S/C28H30N4O3/c1-20-8-10-23(11-9-20)30-14-15-31-26-13-12-24(32(34)35)16-22(26)17-25(27(31)19-30)28(33)29(2)18-21-6-4-3-5-7-21/h3-13,16,25,27H,14-15,17-19H2,1-2H3. The summed E-state index contributed by atoms with van der Waals surface area (Å²) in [5.41, 5.74) is 5.43. The third-order valence-corrected chi connectivity index (χ3v) is 7.26. The van der Waals surface area contributed by atoms with E-state index < -0.39 is 0 Å². The average molecular weight is 471 g/mol. The van der Waals surface area contributed by atoms with E-state index in [9.17, 15) is 14.9 Å². The molecule has 7 heteroatoms. The van der Waals surface area contributed by atoms with E-state index in [1.165, 1.54) is 5.56 Å². The van der Waals surface area contributed by atoms with E-state index in [0.717, 1.165) is 42.1 Å². The third kappa shape index (κ3) is 4.58. The van der Waals surface area contributed by atoms with Gasteiger partial charge in [0, 0.05) is 56.7 Å². The Labute approximate surface area is 205 Å². The number of amides is 1. The molecule has 1 saturated heterocycles. The number of rotatable bonds is 5. The van der Waals surface area contributed by atoms with Crippen LogP contribution in [0.25, 0.3) is 0 Å². The molecule has 3 aromatic rings. The molecule has 0 radical (unpaired) electrons. The van der Waals surface area contributed by atoms with Gasteiger partial charge in [0.05, 0.1) is 16.9 Å². The summed E-state index contributed by atoms with van der Waals surface area (Å²) >= 11 is 0. The zero-order valence-electron chi connectivity index (χ0n) is 20.1. The molecular formula is C28H30N4O3. The van der Waals surface area contributed by atoms with Crippen LogP contribution in [0.1, 0.15) is 16.7 Å². The van der Waals surface area contributed by atoms with E-state index in [-0.39, 0.29) is 28.5 Å². The fraction of sp³-hybridized carbons (Fsp3) is 0.321. The van der Waals surface area contributed by atoms with Crippen LogP contribution in [-0.2, 0) is 17.8 Å². The zero-order valence-corrected chi connectivity index (χ0v) is 20.1. The van der Waals surface area contributed by atoms with Crippen LogP contribution < -0.4 is 9.80 Å².